The van der Waals surface area contributed by atoms with Gasteiger partial charge in [-0.3, -0.25) is 23.4 Å². The molecule has 0 saturated carbocycles. The number of hydrogen-bond donors (Lipinski definition) is 1. The molecular weight excluding hydrogens is 669 g/mol. The molecule has 0 unspecified atom stereocenters. The Morgan fingerprint density at radius 3 is 1.62 bits per heavy atom. The molecule has 5 aromatic rings. The van der Waals surface area contributed by atoms with Crippen molar-refractivity contribution in [3.05, 3.63) is 120 Å². The number of aromatic nitrogens is 4. The molecule has 0 atom stereocenters. The molecule has 0 spiro atoms. The summed E-state index contributed by atoms with van der Waals surface area (Å²) >= 11 is 0. The maximum Gasteiger partial charge on any atom is 0.314 e. The monoisotopic (exact) mass is 699 g/mol. The molecule has 0 radical (unpaired) electrons. The van der Waals surface area contributed by atoms with Crippen molar-refractivity contribution >= 4 is 37.2 Å². The van der Waals surface area contributed by atoms with E-state index in [4.69, 9.17) is 10.2 Å². The number of sulfonamides is 2. The van der Waals surface area contributed by atoms with Crippen LogP contribution in [0, 0.1) is 0 Å². The zero-order chi connectivity index (χ0) is 34.9. The molecule has 2 N–H and O–H groups in total. The van der Waals surface area contributed by atoms with Crippen LogP contribution >= 0.6 is 0 Å². The van der Waals surface area contributed by atoms with Gasteiger partial charge in [0.1, 0.15) is 0 Å². The van der Waals surface area contributed by atoms with Gasteiger partial charge in [0.05, 0.1) is 55.9 Å². The molecule has 0 saturated heterocycles. The van der Waals surface area contributed by atoms with Crippen LogP contribution in [0.1, 0.15) is 33.8 Å². The zero-order valence-electron chi connectivity index (χ0n) is 25.7. The lowest BCUT2D eigenvalue weighted by Crippen LogP contribution is -2.29. The fourth-order valence-corrected chi connectivity index (χ4v) is 5.99. The summed E-state index contributed by atoms with van der Waals surface area (Å²) in [6.07, 6.45) is 5.50. The Morgan fingerprint density at radius 1 is 0.771 bits per heavy atom. The normalized spacial score (nSPS) is 11.5. The smallest absolute Gasteiger partial charge is 0.314 e. The molecule has 3 aromatic heterocycles. The van der Waals surface area contributed by atoms with E-state index in [0.717, 1.165) is 18.1 Å². The molecular formula is C31H31F2N7O6S2. The molecule has 0 aliphatic heterocycles. The maximum absolute atomic E-state index is 12.5. The van der Waals surface area contributed by atoms with Crippen LogP contribution in [0.15, 0.2) is 102 Å². The van der Waals surface area contributed by atoms with E-state index in [1.807, 2.05) is 0 Å². The number of anilines is 2. The molecule has 48 heavy (non-hydrogen) atoms. The summed E-state index contributed by atoms with van der Waals surface area (Å²) in [7, 11) is -6.96. The minimum Gasteiger partial charge on any atom is -0.415 e. The number of alkyl halides is 2. The molecule has 13 nitrogen and oxygen atoms in total. The molecule has 0 aliphatic rings. The number of carbonyl (C=O) groups is 1. The van der Waals surface area contributed by atoms with Crippen LogP contribution in [0.2, 0.25) is 0 Å². The highest BCUT2D eigenvalue weighted by Crippen LogP contribution is 2.25. The van der Waals surface area contributed by atoms with Crippen LogP contribution in [0.3, 0.4) is 0 Å². The van der Waals surface area contributed by atoms with Crippen molar-refractivity contribution in [2.45, 2.75) is 19.5 Å². The highest BCUT2D eigenvalue weighted by atomic mass is 32.2. The lowest BCUT2D eigenvalue weighted by molar-refractivity contribution is 0.100. The van der Waals surface area contributed by atoms with Gasteiger partial charge in [-0.25, -0.2) is 16.8 Å². The SMILES string of the molecule is CS(=O)(=O)N(Cc1ccc(-c2nnc(C(F)F)o2)cc1)c1cccnc1.CS(=O)(=O)N(Cc1ccc(C(=O)CN)cc1)c1cccnc1. The first-order valence-electron chi connectivity index (χ1n) is 14.0. The van der Waals surface area contributed by atoms with Gasteiger partial charge in [0.15, 0.2) is 5.78 Å². The number of ketones is 1. The standard InChI is InChI=1S/C16H14F2N4O3S.C15H17N3O3S/c1-26(23,24)22(13-3-2-8-19-9-13)10-11-4-6-12(7-5-11)15-20-21-16(25-15)14(17)18;1-22(20,21)18(14-3-2-8-17-10-14)11-12-4-6-13(7-5-12)15(19)9-16/h2-9,14H,10H2,1H3;2-8,10H,9,11,16H2,1H3. The van der Waals surface area contributed by atoms with Gasteiger partial charge in [-0.05, 0) is 47.5 Å². The van der Waals surface area contributed by atoms with Crippen molar-refractivity contribution in [2.24, 2.45) is 5.73 Å². The van der Waals surface area contributed by atoms with Crippen LogP contribution in [0.25, 0.3) is 11.5 Å². The molecule has 3 heterocycles. The van der Waals surface area contributed by atoms with Gasteiger partial charge in [-0.2, -0.15) is 8.78 Å². The van der Waals surface area contributed by atoms with Gasteiger partial charge in [0, 0.05) is 23.5 Å². The molecule has 252 valence electrons. The van der Waals surface area contributed by atoms with Crippen molar-refractivity contribution in [1.29, 1.82) is 0 Å². The molecule has 2 aromatic carbocycles. The number of Topliss-reactive ketones (excluding diaryl/α,β-unsaturated/α-hetero) is 1. The summed E-state index contributed by atoms with van der Waals surface area (Å²) in [5.74, 6) is -0.929. The second-order valence-corrected chi connectivity index (χ2v) is 14.0. The highest BCUT2D eigenvalue weighted by molar-refractivity contribution is 7.92. The van der Waals surface area contributed by atoms with E-state index in [0.29, 0.717) is 28.1 Å². The predicted octanol–water partition coefficient (Wildman–Crippen LogP) is 4.22. The third-order valence-electron chi connectivity index (χ3n) is 6.61. The number of hydrogen-bond acceptors (Lipinski definition) is 11. The van der Waals surface area contributed by atoms with Crippen molar-refractivity contribution in [2.75, 3.05) is 27.7 Å². The second-order valence-electron chi connectivity index (χ2n) is 10.2. The van der Waals surface area contributed by atoms with Crippen molar-refractivity contribution in [3.63, 3.8) is 0 Å². The van der Waals surface area contributed by atoms with Crippen LogP contribution < -0.4 is 14.3 Å². The maximum atomic E-state index is 12.5. The second kappa shape index (κ2) is 15.6. The number of nitrogens with zero attached hydrogens (tertiary/aromatic N) is 6. The van der Waals surface area contributed by atoms with E-state index in [2.05, 4.69) is 20.2 Å². The average Bonchev–Trinajstić information content (AvgIpc) is 3.57. The number of benzene rings is 2. The highest BCUT2D eigenvalue weighted by Gasteiger charge is 2.20. The number of nitrogens with two attached hydrogens (primary N) is 1. The van der Waals surface area contributed by atoms with Crippen molar-refractivity contribution in [1.82, 2.24) is 20.2 Å². The Bertz CT molecular complexity index is 2020. The van der Waals surface area contributed by atoms with E-state index in [1.165, 1.54) is 21.0 Å². The first kappa shape index (κ1) is 35.7. The average molecular weight is 700 g/mol. The zero-order valence-corrected chi connectivity index (χ0v) is 27.4. The fourth-order valence-electron chi connectivity index (χ4n) is 4.24. The Morgan fingerprint density at radius 2 is 1.25 bits per heavy atom. The van der Waals surface area contributed by atoms with Crippen LogP contribution in [0.4, 0.5) is 20.2 Å². The molecule has 0 fully saturated rings. The third-order valence-corrected chi connectivity index (χ3v) is 8.89. The minimum atomic E-state index is -3.52. The molecule has 0 amide bonds. The number of pyridine rings is 2. The summed E-state index contributed by atoms with van der Waals surface area (Å²) in [6.45, 7) is 0.211. The topological polar surface area (TPSA) is 183 Å². The molecule has 0 bridgehead atoms. The number of rotatable bonds is 12. The van der Waals surface area contributed by atoms with E-state index in [-0.39, 0.29) is 31.3 Å². The van der Waals surface area contributed by atoms with Gasteiger partial charge >= 0.3 is 6.43 Å². The number of halogens is 2. The van der Waals surface area contributed by atoms with E-state index < -0.39 is 32.4 Å². The Kier molecular flexibility index (Phi) is 11.6. The summed E-state index contributed by atoms with van der Waals surface area (Å²) in [4.78, 5) is 19.4. The van der Waals surface area contributed by atoms with Gasteiger partial charge in [0.25, 0.3) is 5.89 Å². The van der Waals surface area contributed by atoms with E-state index in [1.54, 1.807) is 85.2 Å². The molecule has 0 aliphatic carbocycles. The summed E-state index contributed by atoms with van der Waals surface area (Å²) in [5, 5.41) is 6.85. The number of carbonyl (C=O) groups excluding carboxylic acids is 1. The third kappa shape index (κ3) is 9.69. The van der Waals surface area contributed by atoms with Crippen LogP contribution in [-0.2, 0) is 33.1 Å². The van der Waals surface area contributed by atoms with Gasteiger partial charge in [-0.15, -0.1) is 10.2 Å². The largest absolute Gasteiger partial charge is 0.415 e. The van der Waals surface area contributed by atoms with Crippen LogP contribution in [-0.4, -0.2) is 61.8 Å². The van der Waals surface area contributed by atoms with Gasteiger partial charge < -0.3 is 10.2 Å². The van der Waals surface area contributed by atoms with Gasteiger partial charge in [0.2, 0.25) is 25.9 Å². The molecule has 17 heteroatoms. The lowest BCUT2D eigenvalue weighted by atomic mass is 10.1. The lowest BCUT2D eigenvalue weighted by Gasteiger charge is -2.22. The van der Waals surface area contributed by atoms with E-state index in [9.17, 15) is 30.4 Å². The summed E-state index contributed by atoms with van der Waals surface area (Å²) in [6, 6.07) is 19.9. The Balaban J connectivity index is 0.000000220. The van der Waals surface area contributed by atoms with Crippen molar-refractivity contribution < 1.29 is 34.8 Å². The Hall–Kier alpha value is -5.13. The fraction of sp³-hybridized carbons (Fsp3) is 0.194. The van der Waals surface area contributed by atoms with Gasteiger partial charge in [-0.1, -0.05) is 36.4 Å². The predicted molar refractivity (Wildman–Crippen MR) is 175 cm³/mol. The summed E-state index contributed by atoms with van der Waals surface area (Å²) in [5.41, 5.74) is 8.68. The van der Waals surface area contributed by atoms with Crippen molar-refractivity contribution in [3.8, 4) is 11.5 Å². The molecule has 5 rings (SSSR count). The Labute approximate surface area is 276 Å². The quantitative estimate of drug-likeness (QED) is 0.184. The first-order chi connectivity index (χ1) is 22.8. The van der Waals surface area contributed by atoms with Crippen LogP contribution in [0.5, 0.6) is 0 Å². The first-order valence-corrected chi connectivity index (χ1v) is 17.7. The summed E-state index contributed by atoms with van der Waals surface area (Å²) < 4.78 is 80.5. The van der Waals surface area contributed by atoms with E-state index >= 15 is 0 Å². The minimum absolute atomic E-state index is 0.0286.